The molecule has 0 unspecified atom stereocenters. The minimum atomic E-state index is 0.152. The maximum Gasteiger partial charge on any atom is 0.166 e. The van der Waals surface area contributed by atoms with Gasteiger partial charge < -0.3 is 0 Å². The van der Waals surface area contributed by atoms with Crippen LogP contribution in [-0.4, -0.2) is 5.78 Å². The minimum absolute atomic E-state index is 0.152. The number of hydrogen-bond acceptors (Lipinski definition) is 1. The summed E-state index contributed by atoms with van der Waals surface area (Å²) in [5.41, 5.74) is 3.54. The standard InChI is InChI=1S/C17H24O/c1-12-11-14(17(2,3)4)9-10-15(12)16(18)13-7-5-6-8-13/h9-11,13H,5-8H2,1-4H3. The molecule has 0 bridgehead atoms. The highest BCUT2D eigenvalue weighted by Gasteiger charge is 2.25. The van der Waals surface area contributed by atoms with E-state index in [1.165, 1.54) is 18.4 Å². The lowest BCUT2D eigenvalue weighted by Gasteiger charge is -2.21. The van der Waals surface area contributed by atoms with Crippen molar-refractivity contribution in [2.75, 3.05) is 0 Å². The SMILES string of the molecule is Cc1cc(C(C)(C)C)ccc1C(=O)C1CCCC1. The molecular weight excluding hydrogens is 220 g/mol. The van der Waals surface area contributed by atoms with Crippen LogP contribution in [0.2, 0.25) is 0 Å². The molecular formula is C17H24O. The maximum absolute atomic E-state index is 12.4. The molecule has 1 aliphatic rings. The molecule has 1 heteroatoms. The van der Waals surface area contributed by atoms with E-state index in [0.29, 0.717) is 5.78 Å². The Morgan fingerprint density at radius 2 is 1.78 bits per heavy atom. The van der Waals surface area contributed by atoms with Gasteiger partial charge in [-0.1, -0.05) is 51.8 Å². The molecule has 0 atom stereocenters. The Hall–Kier alpha value is -1.11. The van der Waals surface area contributed by atoms with Gasteiger partial charge in [0.15, 0.2) is 5.78 Å². The second-order valence-corrected chi connectivity index (χ2v) is 6.63. The van der Waals surface area contributed by atoms with Crippen LogP contribution in [0.25, 0.3) is 0 Å². The van der Waals surface area contributed by atoms with E-state index in [-0.39, 0.29) is 11.3 Å². The summed E-state index contributed by atoms with van der Waals surface area (Å²) in [5, 5.41) is 0. The van der Waals surface area contributed by atoms with Crippen LogP contribution in [0.4, 0.5) is 0 Å². The molecule has 0 spiro atoms. The summed E-state index contributed by atoms with van der Waals surface area (Å²) >= 11 is 0. The predicted molar refractivity (Wildman–Crippen MR) is 76.2 cm³/mol. The van der Waals surface area contributed by atoms with E-state index >= 15 is 0 Å². The molecule has 0 N–H and O–H groups in total. The Kier molecular flexibility index (Phi) is 3.61. The lowest BCUT2D eigenvalue weighted by Crippen LogP contribution is -2.15. The Morgan fingerprint density at radius 3 is 2.28 bits per heavy atom. The normalized spacial score (nSPS) is 17.1. The number of carbonyl (C=O) groups excluding carboxylic acids is 1. The lowest BCUT2D eigenvalue weighted by molar-refractivity contribution is 0.0922. The van der Waals surface area contributed by atoms with E-state index < -0.39 is 0 Å². The number of benzene rings is 1. The van der Waals surface area contributed by atoms with Crippen molar-refractivity contribution >= 4 is 5.78 Å². The molecule has 0 saturated heterocycles. The summed E-state index contributed by atoms with van der Waals surface area (Å²) in [6, 6.07) is 6.34. The zero-order chi connectivity index (χ0) is 13.3. The van der Waals surface area contributed by atoms with E-state index in [1.54, 1.807) is 0 Å². The van der Waals surface area contributed by atoms with Gasteiger partial charge in [-0.25, -0.2) is 0 Å². The molecule has 0 amide bonds. The first-order valence-electron chi connectivity index (χ1n) is 7.05. The van der Waals surface area contributed by atoms with E-state index in [4.69, 9.17) is 0 Å². The smallest absolute Gasteiger partial charge is 0.166 e. The number of ketones is 1. The zero-order valence-corrected chi connectivity index (χ0v) is 12.0. The number of carbonyl (C=O) groups is 1. The summed E-state index contributed by atoms with van der Waals surface area (Å²) in [6.07, 6.45) is 4.60. The maximum atomic E-state index is 12.4. The number of aryl methyl sites for hydroxylation is 1. The van der Waals surface area contributed by atoms with Gasteiger partial charge in [-0.15, -0.1) is 0 Å². The quantitative estimate of drug-likeness (QED) is 0.691. The van der Waals surface area contributed by atoms with Crippen LogP contribution >= 0.6 is 0 Å². The molecule has 1 aromatic rings. The van der Waals surface area contributed by atoms with Crippen molar-refractivity contribution in [2.45, 2.75) is 58.8 Å². The molecule has 98 valence electrons. The summed E-state index contributed by atoms with van der Waals surface area (Å²) in [6.45, 7) is 8.69. The lowest BCUT2D eigenvalue weighted by atomic mass is 9.84. The van der Waals surface area contributed by atoms with Crippen molar-refractivity contribution in [3.05, 3.63) is 34.9 Å². The Morgan fingerprint density at radius 1 is 1.17 bits per heavy atom. The molecule has 1 aromatic carbocycles. The van der Waals surface area contributed by atoms with Gasteiger partial charge in [-0.2, -0.15) is 0 Å². The van der Waals surface area contributed by atoms with Crippen LogP contribution in [0.3, 0.4) is 0 Å². The number of hydrogen-bond donors (Lipinski definition) is 0. The molecule has 1 fully saturated rings. The third kappa shape index (κ3) is 2.66. The van der Waals surface area contributed by atoms with Crippen LogP contribution in [0.1, 0.15) is 67.9 Å². The van der Waals surface area contributed by atoms with Crippen molar-refractivity contribution < 1.29 is 4.79 Å². The largest absolute Gasteiger partial charge is 0.294 e. The van der Waals surface area contributed by atoms with Crippen LogP contribution in [0, 0.1) is 12.8 Å². The van der Waals surface area contributed by atoms with Crippen LogP contribution < -0.4 is 0 Å². The van der Waals surface area contributed by atoms with E-state index in [2.05, 4.69) is 39.8 Å². The van der Waals surface area contributed by atoms with Gasteiger partial charge in [0.05, 0.1) is 0 Å². The topological polar surface area (TPSA) is 17.1 Å². The molecule has 0 radical (unpaired) electrons. The second kappa shape index (κ2) is 4.87. The molecule has 0 aromatic heterocycles. The Balaban J connectivity index is 2.27. The van der Waals surface area contributed by atoms with Crippen LogP contribution in [0.5, 0.6) is 0 Å². The summed E-state index contributed by atoms with van der Waals surface area (Å²) in [7, 11) is 0. The molecule has 1 nitrogen and oxygen atoms in total. The second-order valence-electron chi connectivity index (χ2n) is 6.63. The van der Waals surface area contributed by atoms with Crippen molar-refractivity contribution in [2.24, 2.45) is 5.92 Å². The van der Waals surface area contributed by atoms with E-state index in [1.807, 2.05) is 6.07 Å². The zero-order valence-electron chi connectivity index (χ0n) is 12.0. The third-order valence-corrected chi connectivity index (χ3v) is 4.08. The van der Waals surface area contributed by atoms with Gasteiger partial charge in [0, 0.05) is 11.5 Å². The van der Waals surface area contributed by atoms with Crippen LogP contribution in [-0.2, 0) is 5.41 Å². The van der Waals surface area contributed by atoms with Crippen LogP contribution in [0.15, 0.2) is 18.2 Å². The number of rotatable bonds is 2. The molecule has 1 saturated carbocycles. The first-order chi connectivity index (χ1) is 8.39. The minimum Gasteiger partial charge on any atom is -0.294 e. The van der Waals surface area contributed by atoms with E-state index in [9.17, 15) is 4.79 Å². The van der Waals surface area contributed by atoms with E-state index in [0.717, 1.165) is 24.0 Å². The fraction of sp³-hybridized carbons (Fsp3) is 0.588. The average molecular weight is 244 g/mol. The third-order valence-electron chi connectivity index (χ3n) is 4.08. The first-order valence-corrected chi connectivity index (χ1v) is 7.05. The monoisotopic (exact) mass is 244 g/mol. The van der Waals surface area contributed by atoms with Crippen molar-refractivity contribution in [1.82, 2.24) is 0 Å². The molecule has 1 aliphatic carbocycles. The highest BCUT2D eigenvalue weighted by atomic mass is 16.1. The van der Waals surface area contributed by atoms with Gasteiger partial charge in [-0.3, -0.25) is 4.79 Å². The fourth-order valence-corrected chi connectivity index (χ4v) is 2.81. The summed E-state index contributed by atoms with van der Waals surface area (Å²) in [5.74, 6) is 0.648. The molecule has 2 rings (SSSR count). The Labute approximate surface area is 111 Å². The fourth-order valence-electron chi connectivity index (χ4n) is 2.81. The molecule has 0 aliphatic heterocycles. The van der Waals surface area contributed by atoms with Crippen molar-refractivity contribution in [1.29, 1.82) is 0 Å². The number of Topliss-reactive ketones (excluding diaryl/α,β-unsaturated/α-hetero) is 1. The summed E-state index contributed by atoms with van der Waals surface area (Å²) < 4.78 is 0. The summed E-state index contributed by atoms with van der Waals surface area (Å²) in [4.78, 5) is 12.4. The van der Waals surface area contributed by atoms with Gasteiger partial charge in [-0.05, 0) is 36.3 Å². The van der Waals surface area contributed by atoms with Crippen molar-refractivity contribution in [3.8, 4) is 0 Å². The van der Waals surface area contributed by atoms with Gasteiger partial charge in [0.1, 0.15) is 0 Å². The predicted octanol–water partition coefficient (Wildman–Crippen LogP) is 4.67. The highest BCUT2D eigenvalue weighted by Crippen LogP contribution is 2.30. The van der Waals surface area contributed by atoms with Gasteiger partial charge >= 0.3 is 0 Å². The van der Waals surface area contributed by atoms with Crippen molar-refractivity contribution in [3.63, 3.8) is 0 Å². The van der Waals surface area contributed by atoms with Gasteiger partial charge in [0.2, 0.25) is 0 Å². The molecule has 0 heterocycles. The average Bonchev–Trinajstić information content (AvgIpc) is 2.80. The van der Waals surface area contributed by atoms with Gasteiger partial charge in [0.25, 0.3) is 0 Å². The first kappa shape index (κ1) is 13.3. The Bertz CT molecular complexity index is 445. The highest BCUT2D eigenvalue weighted by molar-refractivity contribution is 5.99. The molecule has 18 heavy (non-hydrogen) atoms.